The number of benzene rings is 1. The summed E-state index contributed by atoms with van der Waals surface area (Å²) in [5.41, 5.74) is 1.38. The van der Waals surface area contributed by atoms with E-state index in [1.807, 2.05) is 6.07 Å². The van der Waals surface area contributed by atoms with E-state index in [0.29, 0.717) is 5.92 Å². The normalized spacial score (nSPS) is 13.6. The van der Waals surface area contributed by atoms with Crippen molar-refractivity contribution in [3.05, 3.63) is 48.0 Å². The summed E-state index contributed by atoms with van der Waals surface area (Å²) in [5.74, 6) is 0.543. The van der Waals surface area contributed by atoms with E-state index < -0.39 is 0 Å². The van der Waals surface area contributed by atoms with E-state index in [-0.39, 0.29) is 0 Å². The maximum atomic E-state index is 2.20. The zero-order valence-electron chi connectivity index (χ0n) is 7.12. The summed E-state index contributed by atoms with van der Waals surface area (Å²) in [6.45, 7) is 4.26. The van der Waals surface area contributed by atoms with Crippen molar-refractivity contribution in [2.45, 2.75) is 19.8 Å². The molecule has 0 fully saturated rings. The van der Waals surface area contributed by atoms with E-state index in [2.05, 4.69) is 50.3 Å². The SMILES string of the molecule is C/C=C\C(C)c1ccccc1. The van der Waals surface area contributed by atoms with E-state index in [4.69, 9.17) is 0 Å². The van der Waals surface area contributed by atoms with Crippen molar-refractivity contribution < 1.29 is 0 Å². The van der Waals surface area contributed by atoms with Crippen LogP contribution in [0.3, 0.4) is 0 Å². The van der Waals surface area contributed by atoms with Gasteiger partial charge in [0, 0.05) is 0 Å². The molecule has 0 bridgehead atoms. The number of allylic oxidation sites excluding steroid dienone is 2. The van der Waals surface area contributed by atoms with Gasteiger partial charge in [-0.05, 0) is 18.4 Å². The number of hydrogen-bond acceptors (Lipinski definition) is 0. The zero-order valence-corrected chi connectivity index (χ0v) is 7.12. The monoisotopic (exact) mass is 146 g/mol. The third-order valence-corrected chi connectivity index (χ3v) is 1.81. The topological polar surface area (TPSA) is 0 Å². The highest BCUT2D eigenvalue weighted by atomic mass is 14.0. The van der Waals surface area contributed by atoms with Crippen molar-refractivity contribution in [3.63, 3.8) is 0 Å². The van der Waals surface area contributed by atoms with Crippen LogP contribution in [0.5, 0.6) is 0 Å². The molecule has 0 heteroatoms. The van der Waals surface area contributed by atoms with Gasteiger partial charge >= 0.3 is 0 Å². The first-order valence-electron chi connectivity index (χ1n) is 4.02. The van der Waals surface area contributed by atoms with Crippen molar-refractivity contribution in [2.75, 3.05) is 0 Å². The molecule has 1 aromatic rings. The molecule has 0 saturated carbocycles. The lowest BCUT2D eigenvalue weighted by molar-refractivity contribution is 0.965. The van der Waals surface area contributed by atoms with Gasteiger partial charge in [0.25, 0.3) is 0 Å². The van der Waals surface area contributed by atoms with Gasteiger partial charge in [-0.2, -0.15) is 0 Å². The molecule has 0 nitrogen and oxygen atoms in total. The van der Waals surface area contributed by atoms with Gasteiger partial charge in [0.2, 0.25) is 0 Å². The Bertz CT molecular complexity index is 221. The first-order valence-corrected chi connectivity index (χ1v) is 4.02. The highest BCUT2D eigenvalue weighted by molar-refractivity contribution is 5.22. The summed E-state index contributed by atoms with van der Waals surface area (Å²) < 4.78 is 0. The molecule has 0 aliphatic rings. The molecule has 0 saturated heterocycles. The second kappa shape index (κ2) is 3.97. The molecule has 1 aromatic carbocycles. The zero-order chi connectivity index (χ0) is 8.10. The van der Waals surface area contributed by atoms with E-state index >= 15 is 0 Å². The summed E-state index contributed by atoms with van der Waals surface area (Å²) in [5, 5.41) is 0. The standard InChI is InChI=1S/C11H14/c1-3-7-10(2)11-8-5-4-6-9-11/h3-10H,1-2H3/b7-3-. The molecular formula is C11H14. The lowest BCUT2D eigenvalue weighted by Gasteiger charge is -2.04. The molecule has 0 aromatic heterocycles. The van der Waals surface area contributed by atoms with Crippen molar-refractivity contribution in [2.24, 2.45) is 0 Å². The Morgan fingerprint density at radius 2 is 1.82 bits per heavy atom. The number of rotatable bonds is 2. The largest absolute Gasteiger partial charge is 0.0911 e. The molecule has 1 rings (SSSR count). The predicted octanol–water partition coefficient (Wildman–Crippen LogP) is 3.37. The lowest BCUT2D eigenvalue weighted by Crippen LogP contribution is -1.86. The molecule has 58 valence electrons. The van der Waals surface area contributed by atoms with Crippen molar-refractivity contribution >= 4 is 0 Å². The Kier molecular flexibility index (Phi) is 2.91. The van der Waals surface area contributed by atoms with Crippen LogP contribution in [0.2, 0.25) is 0 Å². The average Bonchev–Trinajstić information content (AvgIpc) is 2.07. The van der Waals surface area contributed by atoms with Gasteiger partial charge in [-0.15, -0.1) is 0 Å². The van der Waals surface area contributed by atoms with Crippen LogP contribution in [-0.4, -0.2) is 0 Å². The predicted molar refractivity (Wildman–Crippen MR) is 49.7 cm³/mol. The van der Waals surface area contributed by atoms with Crippen molar-refractivity contribution in [1.29, 1.82) is 0 Å². The Labute approximate surface area is 68.6 Å². The van der Waals surface area contributed by atoms with Gasteiger partial charge in [0.1, 0.15) is 0 Å². The van der Waals surface area contributed by atoms with Gasteiger partial charge in [-0.25, -0.2) is 0 Å². The Morgan fingerprint density at radius 3 is 2.36 bits per heavy atom. The van der Waals surface area contributed by atoms with Crippen LogP contribution in [0, 0.1) is 0 Å². The van der Waals surface area contributed by atoms with E-state index in [1.165, 1.54) is 5.56 Å². The second-order valence-electron chi connectivity index (χ2n) is 2.73. The Balaban J connectivity index is 2.76. The smallest absolute Gasteiger partial charge is 0.00105 e. The summed E-state index contributed by atoms with van der Waals surface area (Å²) in [6.07, 6.45) is 4.30. The minimum atomic E-state index is 0.543. The quantitative estimate of drug-likeness (QED) is 0.561. The molecule has 0 radical (unpaired) electrons. The molecule has 1 atom stereocenters. The van der Waals surface area contributed by atoms with Gasteiger partial charge in [-0.1, -0.05) is 49.4 Å². The molecule has 0 heterocycles. The minimum absolute atomic E-state index is 0.543. The van der Waals surface area contributed by atoms with Crippen LogP contribution in [0.4, 0.5) is 0 Å². The second-order valence-corrected chi connectivity index (χ2v) is 2.73. The third kappa shape index (κ3) is 2.23. The first-order chi connectivity index (χ1) is 5.34. The van der Waals surface area contributed by atoms with E-state index in [1.54, 1.807) is 0 Å². The van der Waals surface area contributed by atoms with Crippen LogP contribution < -0.4 is 0 Å². The van der Waals surface area contributed by atoms with Crippen molar-refractivity contribution in [3.8, 4) is 0 Å². The van der Waals surface area contributed by atoms with Crippen molar-refractivity contribution in [1.82, 2.24) is 0 Å². The summed E-state index contributed by atoms with van der Waals surface area (Å²) in [6, 6.07) is 10.5. The van der Waals surface area contributed by atoms with Gasteiger partial charge in [0.15, 0.2) is 0 Å². The molecule has 0 amide bonds. The Morgan fingerprint density at radius 1 is 1.18 bits per heavy atom. The molecule has 0 aliphatic carbocycles. The van der Waals surface area contributed by atoms with Crippen LogP contribution in [-0.2, 0) is 0 Å². The summed E-state index contributed by atoms with van der Waals surface area (Å²) >= 11 is 0. The van der Waals surface area contributed by atoms with Crippen LogP contribution in [0.1, 0.15) is 25.3 Å². The first kappa shape index (κ1) is 8.06. The molecule has 0 N–H and O–H groups in total. The third-order valence-electron chi connectivity index (χ3n) is 1.81. The minimum Gasteiger partial charge on any atom is -0.0911 e. The Hall–Kier alpha value is -1.04. The molecule has 0 spiro atoms. The van der Waals surface area contributed by atoms with Gasteiger partial charge < -0.3 is 0 Å². The maximum Gasteiger partial charge on any atom is -0.00105 e. The summed E-state index contributed by atoms with van der Waals surface area (Å²) in [7, 11) is 0. The van der Waals surface area contributed by atoms with Gasteiger partial charge in [0.05, 0.1) is 0 Å². The highest BCUT2D eigenvalue weighted by Crippen LogP contribution is 2.14. The maximum absolute atomic E-state index is 2.20. The molecule has 1 unspecified atom stereocenters. The average molecular weight is 146 g/mol. The number of hydrogen-bond donors (Lipinski definition) is 0. The van der Waals surface area contributed by atoms with Crippen LogP contribution in [0.25, 0.3) is 0 Å². The van der Waals surface area contributed by atoms with E-state index in [0.717, 1.165) is 0 Å². The van der Waals surface area contributed by atoms with Gasteiger partial charge in [-0.3, -0.25) is 0 Å². The molecule has 0 aliphatic heterocycles. The fourth-order valence-corrected chi connectivity index (χ4v) is 1.16. The molecular weight excluding hydrogens is 132 g/mol. The lowest BCUT2D eigenvalue weighted by atomic mass is 10.0. The summed E-state index contributed by atoms with van der Waals surface area (Å²) in [4.78, 5) is 0. The highest BCUT2D eigenvalue weighted by Gasteiger charge is 1.97. The fraction of sp³-hybridized carbons (Fsp3) is 0.273. The van der Waals surface area contributed by atoms with Crippen LogP contribution >= 0.6 is 0 Å². The van der Waals surface area contributed by atoms with E-state index in [9.17, 15) is 0 Å². The van der Waals surface area contributed by atoms with Crippen LogP contribution in [0.15, 0.2) is 42.5 Å². The fourth-order valence-electron chi connectivity index (χ4n) is 1.16. The molecule has 11 heavy (non-hydrogen) atoms.